The summed E-state index contributed by atoms with van der Waals surface area (Å²) in [7, 11) is 0. The maximum atomic E-state index is 14.2. The van der Waals surface area contributed by atoms with Crippen LogP contribution < -0.4 is 10.1 Å². The van der Waals surface area contributed by atoms with Gasteiger partial charge in [-0.2, -0.15) is 5.10 Å². The van der Waals surface area contributed by atoms with Crippen LogP contribution in [0, 0.1) is 0 Å². The van der Waals surface area contributed by atoms with Crippen LogP contribution in [-0.2, 0) is 16.1 Å². The van der Waals surface area contributed by atoms with Gasteiger partial charge < -0.3 is 19.5 Å². The molecule has 0 radical (unpaired) electrons. The van der Waals surface area contributed by atoms with Crippen molar-refractivity contribution >= 4 is 17.0 Å². The molecule has 0 spiro atoms. The number of halogens is 2. The molecule has 4 heterocycles. The number of benzene rings is 1. The summed E-state index contributed by atoms with van der Waals surface area (Å²) in [5, 5.41) is 7.47. The SMILES string of the molecule is O=C1NCC(F)(F)COc2ccc3c(c2)c(nn3C2CCCCO2)-c2cncc(n2)CO1. The van der Waals surface area contributed by atoms with Crippen molar-refractivity contribution in [2.45, 2.75) is 38.0 Å². The molecule has 4 bridgehead atoms. The minimum atomic E-state index is -3.28. The molecule has 1 amide bonds. The van der Waals surface area contributed by atoms with Gasteiger partial charge in [0, 0.05) is 12.0 Å². The summed E-state index contributed by atoms with van der Waals surface area (Å²) in [5.41, 5.74) is 2.11. The Morgan fingerprint density at radius 3 is 2.94 bits per heavy atom. The number of hydrogen-bond acceptors (Lipinski definition) is 7. The molecular weight excluding hydrogens is 424 g/mol. The highest BCUT2D eigenvalue weighted by molar-refractivity contribution is 5.93. The molecule has 0 saturated carbocycles. The number of nitrogens with zero attached hydrogens (tertiary/aromatic N) is 4. The largest absolute Gasteiger partial charge is 0.487 e. The van der Waals surface area contributed by atoms with Crippen LogP contribution >= 0.6 is 0 Å². The normalized spacial score (nSPS) is 21.2. The third-order valence-corrected chi connectivity index (χ3v) is 5.33. The van der Waals surface area contributed by atoms with E-state index in [4.69, 9.17) is 19.3 Å². The standard InChI is InChI=1S/C21H21F2N5O4/c22-21(23)11-25-20(29)31-10-13-8-24-9-16(26-13)19-15-7-14(32-12-21)4-5-17(15)28(27-19)18-3-1-2-6-30-18/h4-5,7-9,18H,1-3,6,10-12H2,(H,25,29). The Hall–Kier alpha value is -3.34. The van der Waals surface area contributed by atoms with E-state index in [0.29, 0.717) is 29.1 Å². The zero-order chi connectivity index (χ0) is 22.1. The first-order valence-corrected chi connectivity index (χ1v) is 10.3. The molecule has 2 aromatic heterocycles. The fraction of sp³-hybridized carbons (Fsp3) is 0.429. The van der Waals surface area contributed by atoms with Crippen LogP contribution in [0.15, 0.2) is 30.6 Å². The number of hydrogen-bond donors (Lipinski definition) is 1. The molecule has 1 atom stereocenters. The van der Waals surface area contributed by atoms with Crippen molar-refractivity contribution < 1.29 is 27.8 Å². The van der Waals surface area contributed by atoms with Gasteiger partial charge in [0.15, 0.2) is 12.8 Å². The summed E-state index contributed by atoms with van der Waals surface area (Å²) >= 11 is 0. The Kier molecular flexibility index (Phi) is 5.33. The van der Waals surface area contributed by atoms with E-state index >= 15 is 0 Å². The minimum absolute atomic E-state index is 0.218. The maximum absolute atomic E-state index is 14.2. The number of rotatable bonds is 1. The number of alkyl carbamates (subject to hydrolysis) is 1. The van der Waals surface area contributed by atoms with Crippen LogP contribution in [0.1, 0.15) is 31.2 Å². The quantitative estimate of drug-likeness (QED) is 0.612. The van der Waals surface area contributed by atoms with Gasteiger partial charge in [-0.25, -0.2) is 23.2 Å². The highest BCUT2D eigenvalue weighted by Crippen LogP contribution is 2.34. The number of cyclic esters (lactones) is 1. The van der Waals surface area contributed by atoms with Gasteiger partial charge in [-0.1, -0.05) is 0 Å². The first kappa shape index (κ1) is 20.6. The van der Waals surface area contributed by atoms with Crippen molar-refractivity contribution in [2.24, 2.45) is 0 Å². The Balaban J connectivity index is 1.62. The van der Waals surface area contributed by atoms with Gasteiger partial charge in [0.2, 0.25) is 0 Å². The summed E-state index contributed by atoms with van der Waals surface area (Å²) in [4.78, 5) is 20.5. The van der Waals surface area contributed by atoms with E-state index in [0.717, 1.165) is 24.8 Å². The average molecular weight is 445 g/mol. The summed E-state index contributed by atoms with van der Waals surface area (Å²) in [6.45, 7) is -1.39. The zero-order valence-corrected chi connectivity index (χ0v) is 17.1. The van der Waals surface area contributed by atoms with Gasteiger partial charge in [-0.3, -0.25) is 4.98 Å². The molecule has 32 heavy (non-hydrogen) atoms. The van der Waals surface area contributed by atoms with Crippen LogP contribution in [0.5, 0.6) is 5.75 Å². The first-order valence-electron chi connectivity index (χ1n) is 10.3. The third kappa shape index (κ3) is 4.20. The molecule has 11 heteroatoms. The van der Waals surface area contributed by atoms with Gasteiger partial charge in [0.1, 0.15) is 23.7 Å². The predicted octanol–water partition coefficient (Wildman–Crippen LogP) is 3.45. The summed E-state index contributed by atoms with van der Waals surface area (Å²) in [6, 6.07) is 5.05. The molecule has 168 valence electrons. The number of nitrogens with one attached hydrogen (secondary N) is 1. The van der Waals surface area contributed by atoms with Gasteiger partial charge in [0.05, 0.1) is 30.1 Å². The van der Waals surface area contributed by atoms with Gasteiger partial charge in [-0.15, -0.1) is 0 Å². The lowest BCUT2D eigenvalue weighted by Crippen LogP contribution is -2.40. The second-order valence-electron chi connectivity index (χ2n) is 7.76. The smallest absolute Gasteiger partial charge is 0.407 e. The fourth-order valence-electron chi connectivity index (χ4n) is 3.76. The molecule has 1 unspecified atom stereocenters. The molecule has 1 fully saturated rings. The highest BCUT2D eigenvalue weighted by Gasteiger charge is 2.31. The first-order chi connectivity index (χ1) is 15.5. The summed E-state index contributed by atoms with van der Waals surface area (Å²) < 4.78 is 46.4. The van der Waals surface area contributed by atoms with Gasteiger partial charge in [0.25, 0.3) is 5.92 Å². The van der Waals surface area contributed by atoms with E-state index in [-0.39, 0.29) is 18.6 Å². The summed E-state index contributed by atoms with van der Waals surface area (Å²) in [5.74, 6) is -3.03. The van der Waals surface area contributed by atoms with Crippen molar-refractivity contribution in [2.75, 3.05) is 19.8 Å². The van der Waals surface area contributed by atoms with E-state index in [1.54, 1.807) is 29.1 Å². The van der Waals surface area contributed by atoms with Gasteiger partial charge in [-0.05, 0) is 37.5 Å². The number of carbonyl (C=O) groups excluding carboxylic acids is 1. The Bertz CT molecular complexity index is 1150. The highest BCUT2D eigenvalue weighted by atomic mass is 19.3. The van der Waals surface area contributed by atoms with Crippen LogP contribution in [-0.4, -0.2) is 51.5 Å². The third-order valence-electron chi connectivity index (χ3n) is 5.33. The molecule has 3 aromatic rings. The Morgan fingerprint density at radius 1 is 1.19 bits per heavy atom. The molecule has 5 rings (SSSR count). The van der Waals surface area contributed by atoms with Crippen molar-refractivity contribution in [3.8, 4) is 17.1 Å². The lowest BCUT2D eigenvalue weighted by molar-refractivity contribution is -0.0386. The second kappa shape index (κ2) is 8.30. The zero-order valence-electron chi connectivity index (χ0n) is 17.1. The predicted molar refractivity (Wildman–Crippen MR) is 108 cm³/mol. The lowest BCUT2D eigenvalue weighted by atomic mass is 10.1. The van der Waals surface area contributed by atoms with Crippen molar-refractivity contribution in [1.82, 2.24) is 25.1 Å². The Labute approximate surface area is 181 Å². The molecule has 2 aliphatic rings. The van der Waals surface area contributed by atoms with E-state index in [1.165, 1.54) is 6.20 Å². The molecule has 2 aliphatic heterocycles. The van der Waals surface area contributed by atoms with Crippen molar-refractivity contribution in [1.29, 1.82) is 0 Å². The van der Waals surface area contributed by atoms with Crippen molar-refractivity contribution in [3.63, 3.8) is 0 Å². The Morgan fingerprint density at radius 2 is 2.09 bits per heavy atom. The molecule has 9 nitrogen and oxygen atoms in total. The van der Waals surface area contributed by atoms with Crippen LogP contribution in [0.25, 0.3) is 22.3 Å². The number of fused-ring (bicyclic) bond motifs is 4. The number of ether oxygens (including phenoxy) is 3. The lowest BCUT2D eigenvalue weighted by Gasteiger charge is -2.23. The van der Waals surface area contributed by atoms with E-state index < -0.39 is 25.2 Å². The molecule has 1 N–H and O–H groups in total. The van der Waals surface area contributed by atoms with Gasteiger partial charge >= 0.3 is 6.09 Å². The molecule has 0 aliphatic carbocycles. The monoisotopic (exact) mass is 445 g/mol. The van der Waals surface area contributed by atoms with E-state index in [9.17, 15) is 13.6 Å². The molecular formula is C21H21F2N5O4. The molecule has 1 aromatic carbocycles. The van der Waals surface area contributed by atoms with Crippen LogP contribution in [0.2, 0.25) is 0 Å². The average Bonchev–Trinajstić information content (AvgIpc) is 3.19. The number of alkyl halides is 2. The summed E-state index contributed by atoms with van der Waals surface area (Å²) in [6.07, 6.45) is 4.62. The number of amides is 1. The van der Waals surface area contributed by atoms with E-state index in [1.807, 2.05) is 5.32 Å². The van der Waals surface area contributed by atoms with Crippen molar-refractivity contribution in [3.05, 3.63) is 36.3 Å². The van der Waals surface area contributed by atoms with E-state index in [2.05, 4.69) is 9.97 Å². The van der Waals surface area contributed by atoms with Crippen LogP contribution in [0.3, 0.4) is 0 Å². The second-order valence-corrected chi connectivity index (χ2v) is 7.76. The number of aromatic nitrogens is 4. The fourth-order valence-corrected chi connectivity index (χ4v) is 3.76. The minimum Gasteiger partial charge on any atom is -0.487 e. The van der Waals surface area contributed by atoms with Crippen LogP contribution in [0.4, 0.5) is 13.6 Å². The molecule has 1 saturated heterocycles. The topological polar surface area (TPSA) is 100 Å². The number of carbonyl (C=O) groups is 1. The maximum Gasteiger partial charge on any atom is 0.407 e.